The Morgan fingerprint density at radius 1 is 1.41 bits per heavy atom. The van der Waals surface area contributed by atoms with Crippen LogP contribution in [0, 0.1) is 10.1 Å². The molecule has 0 saturated carbocycles. The molecule has 0 aliphatic carbocycles. The van der Waals surface area contributed by atoms with E-state index in [0.717, 1.165) is 13.2 Å². The van der Waals surface area contributed by atoms with E-state index in [1.807, 2.05) is 0 Å². The van der Waals surface area contributed by atoms with Gasteiger partial charge in [0.05, 0.1) is 19.1 Å². The van der Waals surface area contributed by atoms with E-state index in [9.17, 15) is 19.7 Å². The summed E-state index contributed by atoms with van der Waals surface area (Å²) >= 11 is 5.70. The van der Waals surface area contributed by atoms with Gasteiger partial charge in [0, 0.05) is 12.5 Å². The highest BCUT2D eigenvalue weighted by atomic mass is 35.5. The average Bonchev–Trinajstić information content (AvgIpc) is 2.49. The third kappa shape index (κ3) is 4.85. The molecular weight excluding hydrogens is 318 g/mol. The average molecular weight is 332 g/mol. The molecule has 0 saturated heterocycles. The second kappa shape index (κ2) is 8.13. The second-order valence-electron chi connectivity index (χ2n) is 4.09. The highest BCUT2D eigenvalue weighted by Crippen LogP contribution is 2.25. The summed E-state index contributed by atoms with van der Waals surface area (Å²) in [6.07, 6.45) is -0.0532. The third-order valence-corrected chi connectivity index (χ3v) is 2.91. The van der Waals surface area contributed by atoms with E-state index in [4.69, 9.17) is 11.6 Å². The summed E-state index contributed by atoms with van der Waals surface area (Å²) in [7, 11) is 2.38. The minimum absolute atomic E-state index is 0.0182. The smallest absolute Gasteiger partial charge is 0.328 e. The number of anilines is 1. The first-order chi connectivity index (χ1) is 10.4. The number of aromatic nitrogens is 1. The van der Waals surface area contributed by atoms with Gasteiger partial charge in [-0.25, -0.2) is 9.78 Å². The molecule has 9 nitrogen and oxygen atoms in total. The number of halogens is 1. The SMILES string of the molecule is COC(=O)CC[C@H](Nc1nc(Cl)ccc1[N+](=O)[O-])C(=O)OC. The van der Waals surface area contributed by atoms with Crippen molar-refractivity contribution in [1.82, 2.24) is 4.98 Å². The molecule has 0 aromatic carbocycles. The van der Waals surface area contributed by atoms with Crippen molar-refractivity contribution in [2.75, 3.05) is 19.5 Å². The highest BCUT2D eigenvalue weighted by Gasteiger charge is 2.25. The van der Waals surface area contributed by atoms with E-state index in [2.05, 4.69) is 19.8 Å². The zero-order chi connectivity index (χ0) is 16.7. The van der Waals surface area contributed by atoms with E-state index < -0.39 is 22.9 Å². The molecule has 0 aliphatic heterocycles. The molecule has 0 bridgehead atoms. The monoisotopic (exact) mass is 331 g/mol. The number of methoxy groups -OCH3 is 2. The van der Waals surface area contributed by atoms with Gasteiger partial charge < -0.3 is 14.8 Å². The Morgan fingerprint density at radius 3 is 2.64 bits per heavy atom. The summed E-state index contributed by atoms with van der Waals surface area (Å²) in [4.78, 5) is 37.0. The van der Waals surface area contributed by atoms with Crippen LogP contribution in [-0.2, 0) is 19.1 Å². The standard InChI is InChI=1S/C12H14ClN3O6/c1-21-10(17)6-3-7(12(18)22-2)14-11-8(16(19)20)4-5-9(13)15-11/h4-5,7H,3,6H2,1-2H3,(H,14,15)/t7-/m0/s1. The zero-order valence-corrected chi connectivity index (χ0v) is 12.6. The lowest BCUT2D eigenvalue weighted by molar-refractivity contribution is -0.384. The molecule has 22 heavy (non-hydrogen) atoms. The summed E-state index contributed by atoms with van der Waals surface area (Å²) in [5, 5.41) is 13.6. The lowest BCUT2D eigenvalue weighted by atomic mass is 10.1. The van der Waals surface area contributed by atoms with Gasteiger partial charge >= 0.3 is 17.6 Å². The molecule has 0 aliphatic rings. The van der Waals surface area contributed by atoms with Crippen LogP contribution in [0.2, 0.25) is 5.15 Å². The van der Waals surface area contributed by atoms with Gasteiger partial charge in [0.15, 0.2) is 0 Å². The molecule has 0 unspecified atom stereocenters. The fourth-order valence-corrected chi connectivity index (χ4v) is 1.75. The van der Waals surface area contributed by atoms with Gasteiger partial charge in [0.1, 0.15) is 11.2 Å². The van der Waals surface area contributed by atoms with E-state index >= 15 is 0 Å². The molecular formula is C12H14ClN3O6. The first-order valence-electron chi connectivity index (χ1n) is 6.11. The number of nitrogens with zero attached hydrogens (tertiary/aromatic N) is 2. The predicted molar refractivity (Wildman–Crippen MR) is 76.6 cm³/mol. The van der Waals surface area contributed by atoms with Gasteiger partial charge in [-0.15, -0.1) is 0 Å². The normalized spacial score (nSPS) is 11.4. The number of hydrogen-bond donors (Lipinski definition) is 1. The zero-order valence-electron chi connectivity index (χ0n) is 11.9. The largest absolute Gasteiger partial charge is 0.469 e. The fourth-order valence-electron chi connectivity index (χ4n) is 1.60. The summed E-state index contributed by atoms with van der Waals surface area (Å²) < 4.78 is 9.08. The maximum atomic E-state index is 11.7. The molecule has 1 N–H and O–H groups in total. The Morgan fingerprint density at radius 2 is 2.09 bits per heavy atom. The lowest BCUT2D eigenvalue weighted by Crippen LogP contribution is -2.32. The molecule has 0 fully saturated rings. The number of nitro groups is 1. The molecule has 1 rings (SSSR count). The molecule has 1 aromatic heterocycles. The van der Waals surface area contributed by atoms with Crippen LogP contribution in [0.25, 0.3) is 0 Å². The summed E-state index contributed by atoms with van der Waals surface area (Å²) in [6.45, 7) is 0. The van der Waals surface area contributed by atoms with Crippen LogP contribution < -0.4 is 5.32 Å². The van der Waals surface area contributed by atoms with Gasteiger partial charge in [-0.1, -0.05) is 11.6 Å². The van der Waals surface area contributed by atoms with E-state index in [-0.39, 0.29) is 29.5 Å². The van der Waals surface area contributed by atoms with Crippen LogP contribution in [0.3, 0.4) is 0 Å². The minimum atomic E-state index is -1.01. The van der Waals surface area contributed by atoms with E-state index in [1.54, 1.807) is 0 Å². The Hall–Kier alpha value is -2.42. The molecule has 1 atom stereocenters. The Labute approximate surface area is 130 Å². The van der Waals surface area contributed by atoms with Crippen molar-refractivity contribution in [2.45, 2.75) is 18.9 Å². The van der Waals surface area contributed by atoms with Crippen molar-refractivity contribution in [3.63, 3.8) is 0 Å². The van der Waals surface area contributed by atoms with Crippen molar-refractivity contribution in [2.24, 2.45) is 0 Å². The number of ether oxygens (including phenoxy) is 2. The van der Waals surface area contributed by atoms with Crippen LogP contribution in [0.5, 0.6) is 0 Å². The maximum absolute atomic E-state index is 11.7. The molecule has 10 heteroatoms. The number of rotatable bonds is 7. The summed E-state index contributed by atoms with van der Waals surface area (Å²) in [5.41, 5.74) is -0.351. The van der Waals surface area contributed by atoms with Crippen molar-refractivity contribution < 1.29 is 24.0 Å². The molecule has 120 valence electrons. The number of esters is 2. The first kappa shape index (κ1) is 17.6. The van der Waals surface area contributed by atoms with Crippen LogP contribution in [0.4, 0.5) is 11.5 Å². The lowest BCUT2D eigenvalue weighted by Gasteiger charge is -2.16. The Kier molecular flexibility index (Phi) is 6.51. The molecule has 0 spiro atoms. The summed E-state index contributed by atoms with van der Waals surface area (Å²) in [5.74, 6) is -1.40. The van der Waals surface area contributed by atoms with Crippen LogP contribution in [-0.4, -0.2) is 42.1 Å². The molecule has 0 amide bonds. The molecule has 0 radical (unpaired) electrons. The molecule has 1 aromatic rings. The minimum Gasteiger partial charge on any atom is -0.469 e. The topological polar surface area (TPSA) is 121 Å². The Bertz CT molecular complexity index is 580. The van der Waals surface area contributed by atoms with Gasteiger partial charge in [0.2, 0.25) is 5.82 Å². The predicted octanol–water partition coefficient (Wildman–Crippen LogP) is 1.55. The number of pyridine rings is 1. The first-order valence-corrected chi connectivity index (χ1v) is 6.49. The molecule has 1 heterocycles. The van der Waals surface area contributed by atoms with Crippen LogP contribution in [0.15, 0.2) is 12.1 Å². The number of hydrogen-bond acceptors (Lipinski definition) is 8. The second-order valence-corrected chi connectivity index (χ2v) is 4.48. The van der Waals surface area contributed by atoms with Crippen LogP contribution >= 0.6 is 11.6 Å². The van der Waals surface area contributed by atoms with Gasteiger partial charge in [0.25, 0.3) is 0 Å². The number of carbonyl (C=O) groups excluding carboxylic acids is 2. The van der Waals surface area contributed by atoms with Crippen LogP contribution in [0.1, 0.15) is 12.8 Å². The van der Waals surface area contributed by atoms with E-state index in [1.165, 1.54) is 13.2 Å². The highest BCUT2D eigenvalue weighted by molar-refractivity contribution is 6.29. The van der Waals surface area contributed by atoms with Crippen molar-refractivity contribution >= 4 is 35.0 Å². The fraction of sp³-hybridized carbons (Fsp3) is 0.417. The maximum Gasteiger partial charge on any atom is 0.328 e. The van der Waals surface area contributed by atoms with Gasteiger partial charge in [-0.05, 0) is 12.5 Å². The van der Waals surface area contributed by atoms with Crippen molar-refractivity contribution in [1.29, 1.82) is 0 Å². The van der Waals surface area contributed by atoms with Gasteiger partial charge in [-0.3, -0.25) is 14.9 Å². The van der Waals surface area contributed by atoms with Gasteiger partial charge in [-0.2, -0.15) is 0 Å². The van der Waals surface area contributed by atoms with Crippen molar-refractivity contribution in [3.8, 4) is 0 Å². The third-order valence-electron chi connectivity index (χ3n) is 2.70. The van der Waals surface area contributed by atoms with Crippen molar-refractivity contribution in [3.05, 3.63) is 27.4 Å². The van der Waals surface area contributed by atoms with E-state index in [0.29, 0.717) is 0 Å². The number of nitrogens with one attached hydrogen (secondary N) is 1. The summed E-state index contributed by atoms with van der Waals surface area (Å²) in [6, 6.07) is 1.41. The Balaban J connectivity index is 2.98. The quantitative estimate of drug-likeness (QED) is 0.346. The number of carbonyl (C=O) groups is 2.